The van der Waals surface area contributed by atoms with Gasteiger partial charge in [0.1, 0.15) is 12.2 Å². The number of hydrogen-bond acceptors (Lipinski definition) is 6. The van der Waals surface area contributed by atoms with E-state index in [0.717, 1.165) is 18.4 Å². The fraction of sp³-hybridized carbons (Fsp3) is 0.692. The highest BCUT2D eigenvalue weighted by Gasteiger charge is 2.30. The SMILES string of the molecule is COC(=O)OC1CCC/C=C(/C)CC1OC(=O)OC. The van der Waals surface area contributed by atoms with Gasteiger partial charge in [0.25, 0.3) is 0 Å². The zero-order valence-corrected chi connectivity index (χ0v) is 11.5. The first-order chi connectivity index (χ1) is 9.06. The van der Waals surface area contributed by atoms with Crippen LogP contribution in [0.3, 0.4) is 0 Å². The highest BCUT2D eigenvalue weighted by atomic mass is 16.7. The molecule has 6 heteroatoms. The first-order valence-electron chi connectivity index (χ1n) is 6.21. The molecule has 0 N–H and O–H groups in total. The number of allylic oxidation sites excluding steroid dienone is 1. The van der Waals surface area contributed by atoms with Gasteiger partial charge in [-0.1, -0.05) is 11.6 Å². The van der Waals surface area contributed by atoms with E-state index < -0.39 is 24.5 Å². The van der Waals surface area contributed by atoms with E-state index in [1.54, 1.807) is 0 Å². The molecule has 1 rings (SSSR count). The first kappa shape index (κ1) is 15.3. The molecule has 0 saturated carbocycles. The Balaban J connectivity index is 2.77. The minimum absolute atomic E-state index is 0.511. The Morgan fingerprint density at radius 2 is 1.68 bits per heavy atom. The van der Waals surface area contributed by atoms with Crippen LogP contribution in [0.2, 0.25) is 0 Å². The maximum absolute atomic E-state index is 11.3. The number of hydrogen-bond donors (Lipinski definition) is 0. The van der Waals surface area contributed by atoms with Gasteiger partial charge in [0.15, 0.2) is 0 Å². The predicted molar refractivity (Wildman–Crippen MR) is 66.8 cm³/mol. The van der Waals surface area contributed by atoms with Gasteiger partial charge in [-0.2, -0.15) is 0 Å². The fourth-order valence-corrected chi connectivity index (χ4v) is 1.98. The Labute approximate surface area is 112 Å². The van der Waals surface area contributed by atoms with Crippen LogP contribution in [0.5, 0.6) is 0 Å². The lowest BCUT2D eigenvalue weighted by atomic mass is 9.96. The third-order valence-electron chi connectivity index (χ3n) is 2.95. The van der Waals surface area contributed by atoms with E-state index in [1.807, 2.05) is 6.92 Å². The van der Waals surface area contributed by atoms with E-state index in [-0.39, 0.29) is 0 Å². The second-order valence-electron chi connectivity index (χ2n) is 4.41. The van der Waals surface area contributed by atoms with Crippen LogP contribution in [0.25, 0.3) is 0 Å². The second kappa shape index (κ2) is 7.66. The zero-order chi connectivity index (χ0) is 14.3. The maximum Gasteiger partial charge on any atom is 0.508 e. The highest BCUT2D eigenvalue weighted by molar-refractivity contribution is 5.61. The highest BCUT2D eigenvalue weighted by Crippen LogP contribution is 2.23. The Kier molecular flexibility index (Phi) is 6.18. The quantitative estimate of drug-likeness (QED) is 0.568. The molecule has 0 aliphatic heterocycles. The van der Waals surface area contributed by atoms with E-state index in [4.69, 9.17) is 9.47 Å². The molecule has 6 nitrogen and oxygen atoms in total. The van der Waals surface area contributed by atoms with Crippen LogP contribution in [-0.2, 0) is 18.9 Å². The van der Waals surface area contributed by atoms with Crippen LogP contribution in [0.4, 0.5) is 9.59 Å². The molecule has 0 bridgehead atoms. The molecular formula is C13H20O6. The average Bonchev–Trinajstić information content (AvgIpc) is 2.39. The summed E-state index contributed by atoms with van der Waals surface area (Å²) in [5, 5.41) is 0. The van der Waals surface area contributed by atoms with Crippen molar-refractivity contribution in [2.75, 3.05) is 14.2 Å². The van der Waals surface area contributed by atoms with Crippen molar-refractivity contribution in [3.05, 3.63) is 11.6 Å². The third-order valence-corrected chi connectivity index (χ3v) is 2.95. The summed E-state index contributed by atoms with van der Waals surface area (Å²) in [5.74, 6) is 0. The van der Waals surface area contributed by atoms with Crippen molar-refractivity contribution in [3.8, 4) is 0 Å². The normalized spacial score (nSPS) is 26.2. The molecule has 0 aromatic heterocycles. The molecule has 19 heavy (non-hydrogen) atoms. The van der Waals surface area contributed by atoms with Crippen LogP contribution in [0.1, 0.15) is 32.6 Å². The summed E-state index contributed by atoms with van der Waals surface area (Å²) >= 11 is 0. The Morgan fingerprint density at radius 3 is 2.26 bits per heavy atom. The molecule has 0 heterocycles. The molecule has 0 spiro atoms. The number of carbonyl (C=O) groups excluding carboxylic acids is 2. The average molecular weight is 272 g/mol. The van der Waals surface area contributed by atoms with Crippen molar-refractivity contribution >= 4 is 12.3 Å². The predicted octanol–water partition coefficient (Wildman–Crippen LogP) is 2.81. The minimum Gasteiger partial charge on any atom is -0.438 e. The van der Waals surface area contributed by atoms with Gasteiger partial charge in [-0.3, -0.25) is 0 Å². The van der Waals surface area contributed by atoms with Crippen LogP contribution in [0.15, 0.2) is 11.6 Å². The fourth-order valence-electron chi connectivity index (χ4n) is 1.98. The van der Waals surface area contributed by atoms with Gasteiger partial charge in [0.2, 0.25) is 0 Å². The number of ether oxygens (including phenoxy) is 4. The van der Waals surface area contributed by atoms with Gasteiger partial charge in [-0.15, -0.1) is 0 Å². The van der Waals surface area contributed by atoms with Gasteiger partial charge < -0.3 is 18.9 Å². The van der Waals surface area contributed by atoms with Gasteiger partial charge in [0.05, 0.1) is 14.2 Å². The lowest BCUT2D eigenvalue weighted by Crippen LogP contribution is -2.36. The number of methoxy groups -OCH3 is 2. The van der Waals surface area contributed by atoms with Crippen LogP contribution >= 0.6 is 0 Å². The topological polar surface area (TPSA) is 71.1 Å². The largest absolute Gasteiger partial charge is 0.508 e. The van der Waals surface area contributed by atoms with Crippen LogP contribution < -0.4 is 0 Å². The van der Waals surface area contributed by atoms with E-state index in [1.165, 1.54) is 14.2 Å². The van der Waals surface area contributed by atoms with Crippen LogP contribution in [-0.4, -0.2) is 38.7 Å². The molecular weight excluding hydrogens is 252 g/mol. The molecule has 0 aromatic carbocycles. The Hall–Kier alpha value is -1.72. The van der Waals surface area contributed by atoms with Gasteiger partial charge in [-0.25, -0.2) is 9.59 Å². The minimum atomic E-state index is -0.781. The van der Waals surface area contributed by atoms with E-state index in [2.05, 4.69) is 15.5 Å². The molecule has 0 amide bonds. The Morgan fingerprint density at radius 1 is 1.11 bits per heavy atom. The summed E-state index contributed by atoms with van der Waals surface area (Å²) in [6, 6.07) is 0. The van der Waals surface area contributed by atoms with E-state index >= 15 is 0 Å². The third kappa shape index (κ3) is 5.19. The lowest BCUT2D eigenvalue weighted by Gasteiger charge is -2.27. The standard InChI is InChI=1S/C13H20O6/c1-9-6-4-5-7-10(18-12(14)16-2)11(8-9)19-13(15)17-3/h6,10-11H,4-5,7-8H2,1-3H3/b9-6-. The first-order valence-corrected chi connectivity index (χ1v) is 6.21. The Bertz CT molecular complexity index is 349. The summed E-state index contributed by atoms with van der Waals surface area (Å²) in [4.78, 5) is 22.5. The summed E-state index contributed by atoms with van der Waals surface area (Å²) in [6.07, 6.45) is 2.36. The molecule has 1 aliphatic carbocycles. The molecule has 108 valence electrons. The second-order valence-corrected chi connectivity index (χ2v) is 4.41. The summed E-state index contributed by atoms with van der Waals surface area (Å²) < 4.78 is 19.3. The monoisotopic (exact) mass is 272 g/mol. The lowest BCUT2D eigenvalue weighted by molar-refractivity contribution is -0.0519. The van der Waals surface area contributed by atoms with E-state index in [0.29, 0.717) is 12.8 Å². The smallest absolute Gasteiger partial charge is 0.438 e. The number of rotatable bonds is 2. The molecule has 0 fully saturated rings. The van der Waals surface area contributed by atoms with Crippen LogP contribution in [0, 0.1) is 0 Å². The summed E-state index contributed by atoms with van der Waals surface area (Å²) in [5.41, 5.74) is 1.09. The van der Waals surface area contributed by atoms with Crippen molar-refractivity contribution in [3.63, 3.8) is 0 Å². The zero-order valence-electron chi connectivity index (χ0n) is 11.5. The van der Waals surface area contributed by atoms with E-state index in [9.17, 15) is 9.59 Å². The molecule has 0 saturated heterocycles. The maximum atomic E-state index is 11.3. The van der Waals surface area contributed by atoms with Crippen molar-refractivity contribution < 1.29 is 28.5 Å². The molecule has 2 unspecified atom stereocenters. The molecule has 1 aliphatic rings. The van der Waals surface area contributed by atoms with Crippen molar-refractivity contribution in [2.24, 2.45) is 0 Å². The molecule has 0 radical (unpaired) electrons. The molecule has 2 atom stereocenters. The van der Waals surface area contributed by atoms with Crippen molar-refractivity contribution in [1.29, 1.82) is 0 Å². The van der Waals surface area contributed by atoms with Gasteiger partial charge in [0, 0.05) is 6.42 Å². The molecule has 0 aromatic rings. The van der Waals surface area contributed by atoms with Gasteiger partial charge >= 0.3 is 12.3 Å². The van der Waals surface area contributed by atoms with Crippen molar-refractivity contribution in [2.45, 2.75) is 44.8 Å². The summed E-state index contributed by atoms with van der Waals surface area (Å²) in [7, 11) is 2.48. The van der Waals surface area contributed by atoms with Gasteiger partial charge in [-0.05, 0) is 26.2 Å². The van der Waals surface area contributed by atoms with Crippen molar-refractivity contribution in [1.82, 2.24) is 0 Å². The summed E-state index contributed by atoms with van der Waals surface area (Å²) in [6.45, 7) is 1.95. The number of carbonyl (C=O) groups is 2.